The Labute approximate surface area is 111 Å². The highest BCUT2D eigenvalue weighted by Crippen LogP contribution is 2.47. The van der Waals surface area contributed by atoms with Crippen molar-refractivity contribution < 1.29 is 14.3 Å². The lowest BCUT2D eigenvalue weighted by molar-refractivity contribution is -0.143. The van der Waals surface area contributed by atoms with Gasteiger partial charge in [-0.1, -0.05) is 37.6 Å². The molecular weight excluding hydrogens is 252 g/mol. The molecule has 96 valence electrons. The van der Waals surface area contributed by atoms with Gasteiger partial charge in [-0.05, 0) is 17.4 Å². The first-order valence-electron chi connectivity index (χ1n) is 6.32. The van der Waals surface area contributed by atoms with E-state index in [1.165, 1.54) is 0 Å². The Morgan fingerprint density at radius 3 is 2.72 bits per heavy atom. The molecule has 1 aliphatic heterocycles. The Bertz CT molecular complexity index is 491. The van der Waals surface area contributed by atoms with Crippen molar-refractivity contribution in [2.75, 3.05) is 0 Å². The van der Waals surface area contributed by atoms with E-state index in [9.17, 15) is 9.59 Å². The molecule has 4 heteroatoms. The second-order valence-corrected chi connectivity index (χ2v) is 5.85. The van der Waals surface area contributed by atoms with Crippen LogP contribution in [0.2, 0.25) is 0 Å². The van der Waals surface area contributed by atoms with Gasteiger partial charge in [0.1, 0.15) is 6.10 Å². The van der Waals surface area contributed by atoms with Crippen molar-refractivity contribution in [3.05, 3.63) is 22.8 Å². The molecule has 1 fully saturated rings. The molecule has 0 saturated carbocycles. The second kappa shape index (κ2) is 3.95. The fraction of sp³-hybridized carbons (Fsp3) is 0.571. The summed E-state index contributed by atoms with van der Waals surface area (Å²) < 4.78 is 5.45. The van der Waals surface area contributed by atoms with Gasteiger partial charge in [0.25, 0.3) is 0 Å². The fourth-order valence-electron chi connectivity index (χ4n) is 3.23. The molecule has 0 aromatic heterocycles. The summed E-state index contributed by atoms with van der Waals surface area (Å²) in [6, 6.07) is 0. The second-order valence-electron chi connectivity index (χ2n) is 5.47. The molecule has 2 aliphatic carbocycles. The maximum atomic E-state index is 11.8. The van der Waals surface area contributed by atoms with E-state index in [0.29, 0.717) is 11.5 Å². The number of ketones is 1. The SMILES string of the molecule is C[C@H]1C=C[C@@H]2[C@H](OC(=O)[C@@H]2C)C2=C(Cl)C(=O)C[C@@H]21. The van der Waals surface area contributed by atoms with E-state index in [1.54, 1.807) is 0 Å². The molecule has 18 heavy (non-hydrogen) atoms. The average Bonchev–Trinajstić information content (AvgIpc) is 2.72. The van der Waals surface area contributed by atoms with Gasteiger partial charge in [-0.15, -0.1) is 0 Å². The van der Waals surface area contributed by atoms with E-state index in [-0.39, 0.29) is 41.5 Å². The molecule has 1 saturated heterocycles. The molecule has 3 rings (SSSR count). The number of allylic oxidation sites excluding steroid dienone is 2. The van der Waals surface area contributed by atoms with Crippen molar-refractivity contribution in [2.45, 2.75) is 26.4 Å². The molecule has 0 aromatic rings. The summed E-state index contributed by atoms with van der Waals surface area (Å²) in [6.45, 7) is 3.95. The van der Waals surface area contributed by atoms with Crippen LogP contribution < -0.4 is 0 Å². The van der Waals surface area contributed by atoms with Crippen molar-refractivity contribution in [1.82, 2.24) is 0 Å². The van der Waals surface area contributed by atoms with Gasteiger partial charge in [-0.25, -0.2) is 0 Å². The Hall–Kier alpha value is -1.09. The fourth-order valence-corrected chi connectivity index (χ4v) is 3.56. The molecule has 0 amide bonds. The van der Waals surface area contributed by atoms with Crippen molar-refractivity contribution in [3.8, 4) is 0 Å². The first-order valence-corrected chi connectivity index (χ1v) is 6.70. The van der Waals surface area contributed by atoms with Crippen molar-refractivity contribution in [3.63, 3.8) is 0 Å². The van der Waals surface area contributed by atoms with Crippen LogP contribution in [0.5, 0.6) is 0 Å². The summed E-state index contributed by atoms with van der Waals surface area (Å²) in [6.07, 6.45) is 4.26. The first kappa shape index (κ1) is 12.0. The summed E-state index contributed by atoms with van der Waals surface area (Å²) in [4.78, 5) is 23.5. The maximum Gasteiger partial charge on any atom is 0.310 e. The van der Waals surface area contributed by atoms with Crippen LogP contribution >= 0.6 is 11.6 Å². The third kappa shape index (κ3) is 1.50. The van der Waals surface area contributed by atoms with Gasteiger partial charge in [0.2, 0.25) is 0 Å². The monoisotopic (exact) mass is 266 g/mol. The molecule has 3 nitrogen and oxygen atoms in total. The average molecular weight is 267 g/mol. The Morgan fingerprint density at radius 2 is 2.00 bits per heavy atom. The van der Waals surface area contributed by atoms with E-state index < -0.39 is 0 Å². The largest absolute Gasteiger partial charge is 0.457 e. The van der Waals surface area contributed by atoms with Crippen molar-refractivity contribution >= 4 is 23.4 Å². The lowest BCUT2D eigenvalue weighted by Crippen LogP contribution is -2.22. The minimum Gasteiger partial charge on any atom is -0.457 e. The summed E-state index contributed by atoms with van der Waals surface area (Å²) in [5.74, 6) is -0.0111. The van der Waals surface area contributed by atoms with Gasteiger partial charge >= 0.3 is 5.97 Å². The molecule has 0 N–H and O–H groups in total. The highest BCUT2D eigenvalue weighted by Gasteiger charge is 2.49. The van der Waals surface area contributed by atoms with Crippen LogP contribution in [0.1, 0.15) is 20.3 Å². The van der Waals surface area contributed by atoms with Gasteiger partial charge in [-0.3, -0.25) is 9.59 Å². The van der Waals surface area contributed by atoms with E-state index in [1.807, 2.05) is 6.92 Å². The topological polar surface area (TPSA) is 43.4 Å². The number of Topliss-reactive ketones (excluding diaryl/α,β-unsaturated/α-hetero) is 1. The standard InChI is InChI=1S/C14H15ClO3/c1-6-3-4-8-7(2)14(17)18-13(8)11-9(6)5-10(16)12(11)15/h3-4,6-9,13H,5H2,1-2H3/t6-,7+,8-,9+,13-/m0/s1. The van der Waals surface area contributed by atoms with Gasteiger partial charge < -0.3 is 4.74 Å². The summed E-state index contributed by atoms with van der Waals surface area (Å²) >= 11 is 6.15. The highest BCUT2D eigenvalue weighted by atomic mass is 35.5. The number of carbonyl (C=O) groups is 2. The lowest BCUT2D eigenvalue weighted by atomic mass is 9.84. The number of esters is 1. The molecule has 0 radical (unpaired) electrons. The number of ether oxygens (including phenoxy) is 1. The minimum absolute atomic E-state index is 0.0135. The Balaban J connectivity index is 2.10. The molecule has 1 heterocycles. The number of hydrogen-bond acceptors (Lipinski definition) is 3. The molecule has 3 aliphatic rings. The predicted octanol–water partition coefficient (Wildman–Crippen LogP) is 2.45. The van der Waals surface area contributed by atoms with Gasteiger partial charge in [0.15, 0.2) is 5.78 Å². The number of hydrogen-bond donors (Lipinski definition) is 0. The normalized spacial score (nSPS) is 42.7. The predicted molar refractivity (Wildman–Crippen MR) is 66.8 cm³/mol. The molecule has 5 atom stereocenters. The Morgan fingerprint density at radius 1 is 1.28 bits per heavy atom. The van der Waals surface area contributed by atoms with Crippen LogP contribution in [0, 0.1) is 23.7 Å². The molecule has 0 bridgehead atoms. The minimum atomic E-state index is -0.336. The van der Waals surface area contributed by atoms with Gasteiger partial charge in [-0.2, -0.15) is 0 Å². The third-order valence-electron chi connectivity index (χ3n) is 4.42. The number of carbonyl (C=O) groups excluding carboxylic acids is 2. The van der Waals surface area contributed by atoms with Crippen LogP contribution in [-0.2, 0) is 14.3 Å². The van der Waals surface area contributed by atoms with E-state index in [4.69, 9.17) is 16.3 Å². The molecule has 0 aromatic carbocycles. The zero-order valence-electron chi connectivity index (χ0n) is 10.4. The number of fused-ring (bicyclic) bond motifs is 3. The zero-order chi connectivity index (χ0) is 13.0. The van der Waals surface area contributed by atoms with E-state index >= 15 is 0 Å². The molecular formula is C14H15ClO3. The van der Waals surface area contributed by atoms with Crippen LogP contribution in [0.4, 0.5) is 0 Å². The van der Waals surface area contributed by atoms with Crippen LogP contribution in [0.15, 0.2) is 22.8 Å². The van der Waals surface area contributed by atoms with Gasteiger partial charge in [0.05, 0.1) is 11.0 Å². The van der Waals surface area contributed by atoms with Crippen LogP contribution in [0.25, 0.3) is 0 Å². The van der Waals surface area contributed by atoms with E-state index in [2.05, 4.69) is 19.1 Å². The summed E-state index contributed by atoms with van der Waals surface area (Å²) in [7, 11) is 0. The van der Waals surface area contributed by atoms with Gasteiger partial charge in [0, 0.05) is 12.3 Å². The zero-order valence-corrected chi connectivity index (χ0v) is 11.1. The van der Waals surface area contributed by atoms with Crippen molar-refractivity contribution in [2.24, 2.45) is 23.7 Å². The van der Waals surface area contributed by atoms with Crippen LogP contribution in [-0.4, -0.2) is 17.9 Å². The maximum absolute atomic E-state index is 11.8. The van der Waals surface area contributed by atoms with E-state index in [0.717, 1.165) is 5.57 Å². The third-order valence-corrected chi connectivity index (χ3v) is 4.85. The van der Waals surface area contributed by atoms with Crippen LogP contribution in [0.3, 0.4) is 0 Å². The number of rotatable bonds is 0. The number of halogens is 1. The highest BCUT2D eigenvalue weighted by molar-refractivity contribution is 6.43. The summed E-state index contributed by atoms with van der Waals surface area (Å²) in [5.41, 5.74) is 0.849. The quantitative estimate of drug-likeness (QED) is 0.500. The first-order chi connectivity index (χ1) is 8.50. The van der Waals surface area contributed by atoms with Crippen molar-refractivity contribution in [1.29, 1.82) is 0 Å². The lowest BCUT2D eigenvalue weighted by Gasteiger charge is -2.22. The molecule has 0 spiro atoms. The molecule has 0 unspecified atom stereocenters. The Kier molecular flexibility index (Phi) is 2.63. The smallest absolute Gasteiger partial charge is 0.310 e. The summed E-state index contributed by atoms with van der Waals surface area (Å²) in [5, 5.41) is 0.299.